The first-order valence-electron chi connectivity index (χ1n) is 12.5. The van der Waals surface area contributed by atoms with E-state index in [0.29, 0.717) is 24.4 Å². The fourth-order valence-electron chi connectivity index (χ4n) is 5.81. The summed E-state index contributed by atoms with van der Waals surface area (Å²) < 4.78 is 11.8. The highest BCUT2D eigenvalue weighted by atomic mass is 16.7. The van der Waals surface area contributed by atoms with Crippen LogP contribution < -0.4 is 15.4 Å². The molecule has 8 atom stereocenters. The zero-order valence-electron chi connectivity index (χ0n) is 21.1. The Labute approximate surface area is 206 Å². The van der Waals surface area contributed by atoms with Crippen molar-refractivity contribution in [2.75, 3.05) is 18.9 Å². The van der Waals surface area contributed by atoms with Gasteiger partial charge in [-0.2, -0.15) is 0 Å². The molecule has 6 N–H and O–H groups in total. The number of hydrogen-bond acceptors (Lipinski definition) is 9. The van der Waals surface area contributed by atoms with Crippen LogP contribution in [0.2, 0.25) is 0 Å². The first-order valence-corrected chi connectivity index (χ1v) is 12.5. The van der Waals surface area contributed by atoms with Crippen molar-refractivity contribution in [3.05, 3.63) is 17.2 Å². The van der Waals surface area contributed by atoms with Gasteiger partial charge in [-0.05, 0) is 52.6 Å². The molecular weight excluding hydrogens is 454 g/mol. The van der Waals surface area contributed by atoms with Gasteiger partial charge in [-0.3, -0.25) is 4.79 Å². The molecule has 196 valence electrons. The van der Waals surface area contributed by atoms with E-state index in [-0.39, 0.29) is 28.7 Å². The largest absolute Gasteiger partial charge is 0.505 e. The molecule has 0 aromatic heterocycles. The molecule has 0 saturated carbocycles. The van der Waals surface area contributed by atoms with Gasteiger partial charge in [-0.1, -0.05) is 19.8 Å². The van der Waals surface area contributed by atoms with Crippen LogP contribution in [-0.4, -0.2) is 87.2 Å². The van der Waals surface area contributed by atoms with Crippen LogP contribution in [0.3, 0.4) is 0 Å². The lowest BCUT2D eigenvalue weighted by molar-refractivity contribution is -0.272. The van der Waals surface area contributed by atoms with Crippen molar-refractivity contribution < 1.29 is 34.7 Å². The maximum atomic E-state index is 13.6. The van der Waals surface area contributed by atoms with Gasteiger partial charge in [-0.25, -0.2) is 0 Å². The molecule has 3 aliphatic heterocycles. The van der Waals surface area contributed by atoms with Crippen molar-refractivity contribution in [3.63, 3.8) is 0 Å². The zero-order valence-corrected chi connectivity index (χ0v) is 21.1. The Morgan fingerprint density at radius 1 is 1.37 bits per heavy atom. The minimum atomic E-state index is -1.55. The zero-order chi connectivity index (χ0) is 25.7. The van der Waals surface area contributed by atoms with Gasteiger partial charge in [0.2, 0.25) is 6.29 Å². The lowest BCUT2D eigenvalue weighted by atomic mass is 9.84. The molecule has 1 aromatic rings. The monoisotopic (exact) mass is 493 g/mol. The number of phenolic OH excluding ortho intramolecular Hbond substituents is 1. The van der Waals surface area contributed by atoms with E-state index in [1.54, 1.807) is 25.8 Å². The van der Waals surface area contributed by atoms with E-state index < -0.39 is 42.4 Å². The van der Waals surface area contributed by atoms with Crippen LogP contribution in [0.15, 0.2) is 6.07 Å². The first-order chi connectivity index (χ1) is 16.5. The minimum Gasteiger partial charge on any atom is -0.505 e. The maximum absolute atomic E-state index is 13.6. The van der Waals surface area contributed by atoms with Crippen LogP contribution in [0, 0.1) is 12.8 Å². The SMILES string of the molecule is CCCCC1C[C@H]2C(O)Nc3c(cc(O[C@@H]4O[C@@H](C)[C@H](NC)[C@@](C)(O)[C@H]4O)c(C)c3O)C(=O)N2C1. The van der Waals surface area contributed by atoms with Gasteiger partial charge in [0.15, 0.2) is 0 Å². The Kier molecular flexibility index (Phi) is 7.23. The third-order valence-corrected chi connectivity index (χ3v) is 7.91. The minimum absolute atomic E-state index is 0.154. The lowest BCUT2D eigenvalue weighted by Gasteiger charge is -2.47. The van der Waals surface area contributed by atoms with Crippen molar-refractivity contribution in [1.82, 2.24) is 10.2 Å². The van der Waals surface area contributed by atoms with Crippen molar-refractivity contribution in [2.45, 2.75) is 95.8 Å². The second-order valence-electron chi connectivity index (χ2n) is 10.4. The molecule has 1 aromatic carbocycles. The first kappa shape index (κ1) is 26.0. The van der Waals surface area contributed by atoms with E-state index in [9.17, 15) is 25.2 Å². The van der Waals surface area contributed by atoms with Gasteiger partial charge in [-0.15, -0.1) is 0 Å². The summed E-state index contributed by atoms with van der Waals surface area (Å²) in [6.45, 7) is 7.55. The standard InChI is InChI=1S/C25H39N3O7/c1-6-7-8-14-9-16-22(31)27-18-15(23(32)28(16)11-14)10-17(12(2)19(18)29)35-24-21(30)25(4,33)20(26-5)13(3)34-24/h10,13-14,16,20-22,24,26-27,29-31,33H,6-9,11H2,1-5H3/t13-,14?,16-,20-,21-,22?,24-,25+/m0/s1. The Bertz CT molecular complexity index is 955. The number of nitrogens with zero attached hydrogens (tertiary/aromatic N) is 1. The van der Waals surface area contributed by atoms with E-state index in [1.807, 2.05) is 0 Å². The predicted molar refractivity (Wildman–Crippen MR) is 129 cm³/mol. The molecule has 0 aliphatic carbocycles. The third kappa shape index (κ3) is 4.46. The fourth-order valence-corrected chi connectivity index (χ4v) is 5.81. The summed E-state index contributed by atoms with van der Waals surface area (Å²) >= 11 is 0. The van der Waals surface area contributed by atoms with E-state index in [2.05, 4.69) is 17.6 Å². The number of anilines is 1. The number of ether oxygens (including phenoxy) is 2. The van der Waals surface area contributed by atoms with Gasteiger partial charge in [0.05, 0.1) is 29.4 Å². The Balaban J connectivity index is 1.64. The van der Waals surface area contributed by atoms with Crippen molar-refractivity contribution in [1.29, 1.82) is 0 Å². The summed E-state index contributed by atoms with van der Waals surface area (Å²) in [6, 6.07) is 0.589. The summed E-state index contributed by atoms with van der Waals surface area (Å²) in [5, 5.41) is 49.4. The summed E-state index contributed by atoms with van der Waals surface area (Å²) in [6.07, 6.45) is -0.290. The fraction of sp³-hybridized carbons (Fsp3) is 0.720. The van der Waals surface area contributed by atoms with E-state index in [4.69, 9.17) is 9.47 Å². The molecule has 3 aliphatic rings. The number of hydrogen-bond donors (Lipinski definition) is 6. The van der Waals surface area contributed by atoms with Crippen LogP contribution in [-0.2, 0) is 4.74 Å². The van der Waals surface area contributed by atoms with Gasteiger partial charge >= 0.3 is 0 Å². The number of benzene rings is 1. The molecular formula is C25H39N3O7. The normalized spacial score (nSPS) is 36.9. The number of rotatable bonds is 6. The summed E-state index contributed by atoms with van der Waals surface area (Å²) in [4.78, 5) is 15.3. The maximum Gasteiger partial charge on any atom is 0.256 e. The number of likely N-dealkylation sites (N-methyl/N-ethyl adjacent to an activating group) is 1. The number of nitrogens with one attached hydrogen (secondary N) is 2. The Morgan fingerprint density at radius 3 is 2.74 bits per heavy atom. The van der Waals surface area contributed by atoms with Gasteiger partial charge in [0.25, 0.3) is 5.91 Å². The van der Waals surface area contributed by atoms with Crippen LogP contribution in [0.1, 0.15) is 62.4 Å². The number of amides is 1. The quantitative estimate of drug-likeness (QED) is 0.323. The van der Waals surface area contributed by atoms with Crippen molar-refractivity contribution in [3.8, 4) is 11.5 Å². The van der Waals surface area contributed by atoms with Crippen LogP contribution >= 0.6 is 0 Å². The Hall–Kier alpha value is -2.11. The van der Waals surface area contributed by atoms with Gasteiger partial charge in [0, 0.05) is 12.1 Å². The molecule has 10 heteroatoms. The topological polar surface area (TPSA) is 144 Å². The van der Waals surface area contributed by atoms with E-state index >= 15 is 0 Å². The van der Waals surface area contributed by atoms with Crippen LogP contribution in [0.4, 0.5) is 5.69 Å². The van der Waals surface area contributed by atoms with Gasteiger partial charge < -0.3 is 45.4 Å². The predicted octanol–water partition coefficient (Wildman–Crippen LogP) is 1.29. The second-order valence-corrected chi connectivity index (χ2v) is 10.4. The highest BCUT2D eigenvalue weighted by Gasteiger charge is 2.52. The molecule has 2 unspecified atom stereocenters. The number of aromatic hydroxyl groups is 1. The van der Waals surface area contributed by atoms with Crippen molar-refractivity contribution in [2.24, 2.45) is 5.92 Å². The number of aliphatic hydroxyl groups is 3. The summed E-state index contributed by atoms with van der Waals surface area (Å²) in [7, 11) is 1.67. The molecule has 2 fully saturated rings. The van der Waals surface area contributed by atoms with Crippen molar-refractivity contribution >= 4 is 11.6 Å². The number of carbonyl (C=O) groups excluding carboxylic acids is 1. The molecule has 10 nitrogen and oxygen atoms in total. The second kappa shape index (κ2) is 9.74. The number of aliphatic hydroxyl groups excluding tert-OH is 2. The highest BCUT2D eigenvalue weighted by molar-refractivity contribution is 6.03. The average molecular weight is 494 g/mol. The van der Waals surface area contributed by atoms with Gasteiger partial charge in [0.1, 0.15) is 29.4 Å². The molecule has 1 amide bonds. The molecule has 3 heterocycles. The van der Waals surface area contributed by atoms with E-state index in [1.165, 1.54) is 13.0 Å². The number of fused-ring (bicyclic) bond motifs is 2. The van der Waals surface area contributed by atoms with Crippen LogP contribution in [0.25, 0.3) is 0 Å². The van der Waals surface area contributed by atoms with Crippen LogP contribution in [0.5, 0.6) is 11.5 Å². The summed E-state index contributed by atoms with van der Waals surface area (Å²) in [5.41, 5.74) is -0.888. The Morgan fingerprint density at radius 2 is 2.09 bits per heavy atom. The lowest BCUT2D eigenvalue weighted by Crippen LogP contribution is -2.69. The third-order valence-electron chi connectivity index (χ3n) is 7.91. The number of phenols is 1. The van der Waals surface area contributed by atoms with E-state index in [0.717, 1.165) is 19.3 Å². The molecule has 0 spiro atoms. The average Bonchev–Trinajstić information content (AvgIpc) is 3.21. The smallest absolute Gasteiger partial charge is 0.256 e. The molecule has 4 rings (SSSR count). The number of unbranched alkanes of at least 4 members (excludes halogenated alkanes) is 1. The molecule has 0 bridgehead atoms. The number of carbonyl (C=O) groups is 1. The highest BCUT2D eigenvalue weighted by Crippen LogP contribution is 2.44. The molecule has 2 saturated heterocycles. The summed E-state index contributed by atoms with van der Waals surface area (Å²) in [5.74, 6) is -0.0481. The molecule has 0 radical (unpaired) electrons. The molecule has 35 heavy (non-hydrogen) atoms.